The lowest BCUT2D eigenvalue weighted by Gasteiger charge is -2.12. The standard InChI is InChI=1S/C31H49FN2O/c1-4-6-7-8-9-10-11-12-13-17-27-19-21-28(22-20-27)31-33-23-30(24-34-31)35-25-29(32)18-14-16-26(3)15-5-2/h19-24,26,29H,4-18,25H2,1-3H3. The van der Waals surface area contributed by atoms with Crippen molar-refractivity contribution in [3.63, 3.8) is 0 Å². The molecule has 1 aromatic carbocycles. The highest BCUT2D eigenvalue weighted by molar-refractivity contribution is 5.55. The third-order valence-electron chi connectivity index (χ3n) is 6.84. The van der Waals surface area contributed by atoms with Crippen LogP contribution in [0.1, 0.15) is 116 Å². The van der Waals surface area contributed by atoms with Crippen LogP contribution in [0, 0.1) is 5.92 Å². The largest absolute Gasteiger partial charge is 0.487 e. The van der Waals surface area contributed by atoms with Gasteiger partial charge in [-0.05, 0) is 30.7 Å². The summed E-state index contributed by atoms with van der Waals surface area (Å²) in [5.41, 5.74) is 2.37. The van der Waals surface area contributed by atoms with Gasteiger partial charge in [0, 0.05) is 5.56 Å². The van der Waals surface area contributed by atoms with Gasteiger partial charge in [0.15, 0.2) is 11.6 Å². The summed E-state index contributed by atoms with van der Waals surface area (Å²) in [6, 6.07) is 8.55. The zero-order valence-corrected chi connectivity index (χ0v) is 22.6. The van der Waals surface area contributed by atoms with Crippen LogP contribution in [0.15, 0.2) is 36.7 Å². The molecule has 0 fully saturated rings. The Morgan fingerprint density at radius 3 is 2.00 bits per heavy atom. The predicted molar refractivity (Wildman–Crippen MR) is 147 cm³/mol. The van der Waals surface area contributed by atoms with Crippen LogP contribution in [0.2, 0.25) is 0 Å². The third kappa shape index (κ3) is 13.1. The molecule has 1 aromatic heterocycles. The second-order valence-corrected chi connectivity index (χ2v) is 10.3. The molecule has 2 rings (SSSR count). The van der Waals surface area contributed by atoms with Gasteiger partial charge in [0.2, 0.25) is 0 Å². The first-order chi connectivity index (χ1) is 17.1. The number of hydrogen-bond acceptors (Lipinski definition) is 3. The van der Waals surface area contributed by atoms with Crippen molar-refractivity contribution >= 4 is 0 Å². The van der Waals surface area contributed by atoms with E-state index in [4.69, 9.17) is 4.74 Å². The van der Waals surface area contributed by atoms with Crippen molar-refractivity contribution in [3.05, 3.63) is 42.2 Å². The smallest absolute Gasteiger partial charge is 0.159 e. The SMILES string of the molecule is CCCCCCCCCCCc1ccc(-c2ncc(OCC(F)CCCC(C)CCC)cn2)cc1. The van der Waals surface area contributed by atoms with Crippen molar-refractivity contribution in [2.45, 2.75) is 123 Å². The van der Waals surface area contributed by atoms with Crippen molar-refractivity contribution in [1.82, 2.24) is 9.97 Å². The molecule has 2 atom stereocenters. The molecule has 0 aliphatic heterocycles. The highest BCUT2D eigenvalue weighted by Gasteiger charge is 2.10. The van der Waals surface area contributed by atoms with Gasteiger partial charge in [-0.2, -0.15) is 0 Å². The molecule has 0 saturated heterocycles. The minimum absolute atomic E-state index is 0.0679. The van der Waals surface area contributed by atoms with E-state index in [2.05, 4.69) is 55.0 Å². The molecular formula is C31H49FN2O. The van der Waals surface area contributed by atoms with Crippen LogP contribution in [0.25, 0.3) is 11.4 Å². The fraction of sp³-hybridized carbons (Fsp3) is 0.677. The van der Waals surface area contributed by atoms with Crippen LogP contribution >= 0.6 is 0 Å². The van der Waals surface area contributed by atoms with Crippen molar-refractivity contribution in [3.8, 4) is 17.1 Å². The normalized spacial score (nSPS) is 13.0. The minimum Gasteiger partial charge on any atom is -0.487 e. The molecule has 0 aliphatic rings. The predicted octanol–water partition coefficient (Wildman–Crippen LogP) is 9.54. The van der Waals surface area contributed by atoms with Gasteiger partial charge in [-0.15, -0.1) is 0 Å². The van der Waals surface area contributed by atoms with E-state index in [9.17, 15) is 4.39 Å². The molecule has 0 radical (unpaired) electrons. The molecule has 0 N–H and O–H groups in total. The molecule has 1 heterocycles. The van der Waals surface area contributed by atoms with Crippen molar-refractivity contribution in [2.24, 2.45) is 5.92 Å². The molecule has 35 heavy (non-hydrogen) atoms. The van der Waals surface area contributed by atoms with E-state index < -0.39 is 6.17 Å². The number of nitrogens with zero attached hydrogens (tertiary/aromatic N) is 2. The zero-order valence-electron chi connectivity index (χ0n) is 22.6. The van der Waals surface area contributed by atoms with Crippen molar-refractivity contribution in [2.75, 3.05) is 6.61 Å². The summed E-state index contributed by atoms with van der Waals surface area (Å²) >= 11 is 0. The van der Waals surface area contributed by atoms with Gasteiger partial charge < -0.3 is 4.74 Å². The van der Waals surface area contributed by atoms with E-state index >= 15 is 0 Å². The number of benzene rings is 1. The molecular weight excluding hydrogens is 435 g/mol. The van der Waals surface area contributed by atoms with E-state index in [0.29, 0.717) is 23.9 Å². The van der Waals surface area contributed by atoms with E-state index in [1.54, 1.807) is 12.4 Å². The number of rotatable bonds is 20. The molecule has 196 valence electrons. The van der Waals surface area contributed by atoms with E-state index in [1.807, 2.05) is 0 Å². The number of alkyl halides is 1. The molecule has 0 spiro atoms. The maximum absolute atomic E-state index is 14.1. The Morgan fingerprint density at radius 2 is 1.37 bits per heavy atom. The summed E-state index contributed by atoms with van der Waals surface area (Å²) in [6.45, 7) is 6.78. The quantitative estimate of drug-likeness (QED) is 0.175. The number of aryl methyl sites for hydroxylation is 1. The number of halogens is 1. The van der Waals surface area contributed by atoms with Crippen LogP contribution in [-0.2, 0) is 6.42 Å². The van der Waals surface area contributed by atoms with E-state index in [-0.39, 0.29) is 6.61 Å². The fourth-order valence-corrected chi connectivity index (χ4v) is 4.59. The Hall–Kier alpha value is -1.97. The highest BCUT2D eigenvalue weighted by atomic mass is 19.1. The van der Waals surface area contributed by atoms with Crippen LogP contribution in [0.3, 0.4) is 0 Å². The van der Waals surface area contributed by atoms with Gasteiger partial charge >= 0.3 is 0 Å². The molecule has 0 saturated carbocycles. The number of ether oxygens (including phenoxy) is 1. The highest BCUT2D eigenvalue weighted by Crippen LogP contribution is 2.20. The molecule has 2 aromatic rings. The van der Waals surface area contributed by atoms with Crippen molar-refractivity contribution in [1.29, 1.82) is 0 Å². The Morgan fingerprint density at radius 1 is 0.743 bits per heavy atom. The monoisotopic (exact) mass is 484 g/mol. The van der Waals surface area contributed by atoms with Gasteiger partial charge in [0.05, 0.1) is 12.4 Å². The zero-order chi connectivity index (χ0) is 25.1. The van der Waals surface area contributed by atoms with Gasteiger partial charge in [-0.25, -0.2) is 14.4 Å². The lowest BCUT2D eigenvalue weighted by Crippen LogP contribution is -2.13. The number of unbranched alkanes of at least 4 members (excludes halogenated alkanes) is 8. The molecule has 0 amide bonds. The summed E-state index contributed by atoms with van der Waals surface area (Å²) in [6.07, 6.45) is 20.7. The first-order valence-electron chi connectivity index (χ1n) is 14.3. The summed E-state index contributed by atoms with van der Waals surface area (Å²) in [4.78, 5) is 8.85. The van der Waals surface area contributed by atoms with Crippen molar-refractivity contribution < 1.29 is 9.13 Å². The van der Waals surface area contributed by atoms with Gasteiger partial charge in [0.25, 0.3) is 0 Å². The second-order valence-electron chi connectivity index (χ2n) is 10.3. The Labute approximate surface area is 214 Å². The Kier molecular flexibility index (Phi) is 15.3. The summed E-state index contributed by atoms with van der Waals surface area (Å²) in [5.74, 6) is 1.88. The Balaban J connectivity index is 1.63. The maximum Gasteiger partial charge on any atom is 0.159 e. The van der Waals surface area contributed by atoms with E-state index in [0.717, 1.165) is 24.8 Å². The summed E-state index contributed by atoms with van der Waals surface area (Å²) < 4.78 is 19.7. The summed E-state index contributed by atoms with van der Waals surface area (Å²) in [7, 11) is 0. The van der Waals surface area contributed by atoms with Crippen LogP contribution < -0.4 is 4.74 Å². The summed E-state index contributed by atoms with van der Waals surface area (Å²) in [5, 5.41) is 0. The third-order valence-corrected chi connectivity index (χ3v) is 6.84. The molecule has 0 bridgehead atoms. The molecule has 2 unspecified atom stereocenters. The van der Waals surface area contributed by atoms with Gasteiger partial charge in [-0.3, -0.25) is 0 Å². The van der Waals surface area contributed by atoms with Crippen LogP contribution in [0.5, 0.6) is 5.75 Å². The Bertz CT molecular complexity index is 763. The average molecular weight is 485 g/mol. The molecule has 4 heteroatoms. The molecule has 3 nitrogen and oxygen atoms in total. The minimum atomic E-state index is -0.943. The van der Waals surface area contributed by atoms with Crippen LogP contribution in [-0.4, -0.2) is 22.7 Å². The number of hydrogen-bond donors (Lipinski definition) is 0. The van der Waals surface area contributed by atoms with E-state index in [1.165, 1.54) is 76.2 Å². The molecule has 0 aliphatic carbocycles. The second kappa shape index (κ2) is 18.3. The first-order valence-corrected chi connectivity index (χ1v) is 14.3. The van der Waals surface area contributed by atoms with Crippen LogP contribution in [0.4, 0.5) is 4.39 Å². The lowest BCUT2D eigenvalue weighted by molar-refractivity contribution is 0.181. The van der Waals surface area contributed by atoms with Gasteiger partial charge in [-0.1, -0.05) is 122 Å². The fourth-order valence-electron chi connectivity index (χ4n) is 4.59. The number of aromatic nitrogens is 2. The topological polar surface area (TPSA) is 35.0 Å². The maximum atomic E-state index is 14.1. The first kappa shape index (κ1) is 29.3. The van der Waals surface area contributed by atoms with Gasteiger partial charge in [0.1, 0.15) is 12.8 Å². The lowest BCUT2D eigenvalue weighted by atomic mass is 9.98. The average Bonchev–Trinajstić information content (AvgIpc) is 2.87.